The van der Waals surface area contributed by atoms with Crippen LogP contribution in [0, 0.1) is 11.7 Å². The number of ether oxygens (including phenoxy) is 1. The van der Waals surface area contributed by atoms with Crippen molar-refractivity contribution in [1.82, 2.24) is 14.5 Å². The number of nitrogens with one attached hydrogen (secondary N) is 1. The third-order valence-electron chi connectivity index (χ3n) is 4.29. The Morgan fingerprint density at radius 3 is 2.63 bits per heavy atom. The van der Waals surface area contributed by atoms with E-state index in [0.717, 1.165) is 5.56 Å². The van der Waals surface area contributed by atoms with Crippen LogP contribution in [0.2, 0.25) is 0 Å². The van der Waals surface area contributed by atoms with E-state index >= 15 is 0 Å². The number of pyridine rings is 1. The van der Waals surface area contributed by atoms with Gasteiger partial charge in [-0.15, -0.1) is 0 Å². The van der Waals surface area contributed by atoms with E-state index in [1.807, 2.05) is 31.2 Å². The third-order valence-corrected chi connectivity index (χ3v) is 4.61. The second-order valence-corrected chi connectivity index (χ2v) is 6.61. The van der Waals surface area contributed by atoms with Crippen LogP contribution < -0.4 is 5.56 Å². The first-order valence-electron chi connectivity index (χ1n) is 8.44. The van der Waals surface area contributed by atoms with Gasteiger partial charge in [0, 0.05) is 31.4 Å². The number of H-pyrrole nitrogens is 1. The molecule has 0 radical (unpaired) electrons. The van der Waals surface area contributed by atoms with Gasteiger partial charge in [-0.3, -0.25) is 9.78 Å². The van der Waals surface area contributed by atoms with E-state index in [1.54, 1.807) is 11.7 Å². The number of rotatable bonds is 6. The zero-order chi connectivity index (χ0) is 19.6. The molecule has 5 nitrogen and oxygen atoms in total. The molecule has 3 aromatic rings. The third kappa shape index (κ3) is 3.96. The Bertz CT molecular complexity index is 1080. The molecular formula is C19H19F2N3O2S. The number of aromatic amines is 1. The van der Waals surface area contributed by atoms with Crippen molar-refractivity contribution in [3.8, 4) is 11.3 Å². The molecule has 0 amide bonds. The van der Waals surface area contributed by atoms with E-state index in [-0.39, 0.29) is 21.4 Å². The number of hydrogen-bond acceptors (Lipinski definition) is 4. The molecule has 0 aliphatic heterocycles. The lowest BCUT2D eigenvalue weighted by Crippen LogP contribution is -2.18. The fourth-order valence-corrected chi connectivity index (χ4v) is 3.19. The van der Waals surface area contributed by atoms with E-state index in [0.29, 0.717) is 30.8 Å². The summed E-state index contributed by atoms with van der Waals surface area (Å²) in [6.07, 6.45) is -2.21. The summed E-state index contributed by atoms with van der Waals surface area (Å²) >= 11 is 5.24. The van der Waals surface area contributed by atoms with Crippen LogP contribution in [0.5, 0.6) is 0 Å². The molecule has 27 heavy (non-hydrogen) atoms. The number of aromatic nitrogens is 3. The Morgan fingerprint density at radius 1 is 1.30 bits per heavy atom. The minimum atomic E-state index is -2.82. The summed E-state index contributed by atoms with van der Waals surface area (Å²) < 4.78 is 34.3. The average molecular weight is 391 g/mol. The van der Waals surface area contributed by atoms with E-state index < -0.39 is 12.0 Å². The molecule has 0 spiro atoms. The van der Waals surface area contributed by atoms with Crippen molar-refractivity contribution in [2.75, 3.05) is 13.7 Å². The molecule has 2 aromatic heterocycles. The number of halogens is 2. The molecular weight excluding hydrogens is 372 g/mol. The highest BCUT2D eigenvalue weighted by atomic mass is 32.1. The molecule has 3 rings (SSSR count). The molecule has 0 bridgehead atoms. The summed E-state index contributed by atoms with van der Waals surface area (Å²) in [5.41, 5.74) is 1.27. The molecule has 2 heterocycles. The molecule has 142 valence electrons. The van der Waals surface area contributed by atoms with Crippen molar-refractivity contribution in [1.29, 1.82) is 0 Å². The highest BCUT2D eigenvalue weighted by Gasteiger charge is 2.20. The number of nitrogens with zero attached hydrogens (tertiary/aromatic N) is 2. The summed E-state index contributed by atoms with van der Waals surface area (Å²) in [7, 11) is 1.58. The largest absolute Gasteiger partial charge is 0.385 e. The van der Waals surface area contributed by atoms with Crippen LogP contribution in [0.25, 0.3) is 22.3 Å². The number of benzene rings is 1. The highest BCUT2D eigenvalue weighted by Crippen LogP contribution is 2.29. The monoisotopic (exact) mass is 391 g/mol. The summed E-state index contributed by atoms with van der Waals surface area (Å²) in [6, 6.07) is 8.67. The lowest BCUT2D eigenvalue weighted by atomic mass is 10.1. The van der Waals surface area contributed by atoms with Gasteiger partial charge in [0.2, 0.25) is 0 Å². The second-order valence-electron chi connectivity index (χ2n) is 6.22. The van der Waals surface area contributed by atoms with E-state index in [2.05, 4.69) is 9.97 Å². The molecule has 0 aliphatic rings. The second kappa shape index (κ2) is 8.06. The Hall–Kier alpha value is -2.45. The predicted molar refractivity (Wildman–Crippen MR) is 103 cm³/mol. The van der Waals surface area contributed by atoms with E-state index in [1.165, 1.54) is 6.07 Å². The quantitative estimate of drug-likeness (QED) is 0.500. The molecule has 1 aromatic carbocycles. The summed E-state index contributed by atoms with van der Waals surface area (Å²) in [4.78, 5) is 19.4. The molecule has 8 heteroatoms. The van der Waals surface area contributed by atoms with Crippen LogP contribution in [0.4, 0.5) is 8.78 Å². The Morgan fingerprint density at radius 2 is 2.00 bits per heavy atom. The summed E-state index contributed by atoms with van der Waals surface area (Å²) in [5.74, 6) is 0. The topological polar surface area (TPSA) is 59.9 Å². The highest BCUT2D eigenvalue weighted by molar-refractivity contribution is 7.71. The summed E-state index contributed by atoms with van der Waals surface area (Å²) in [6.45, 7) is 2.81. The first kappa shape index (κ1) is 19.3. The zero-order valence-electron chi connectivity index (χ0n) is 15.0. The SMILES string of the molecule is COCCCn1c(=S)[nH]c(=O)c2c(C(F)F)cc(-c3ccc(C)cc3)nc21. The molecule has 0 saturated carbocycles. The van der Waals surface area contributed by atoms with Gasteiger partial charge in [0.05, 0.1) is 11.1 Å². The van der Waals surface area contributed by atoms with Crippen LogP contribution in [0.1, 0.15) is 24.0 Å². The minimum Gasteiger partial charge on any atom is -0.385 e. The van der Waals surface area contributed by atoms with Gasteiger partial charge in [0.1, 0.15) is 5.65 Å². The molecule has 0 atom stereocenters. The summed E-state index contributed by atoms with van der Waals surface area (Å²) in [5, 5.41) is -0.133. The van der Waals surface area contributed by atoms with Crippen LogP contribution in [0.3, 0.4) is 0 Å². The molecule has 0 aliphatic carbocycles. The lowest BCUT2D eigenvalue weighted by Gasteiger charge is -2.14. The zero-order valence-corrected chi connectivity index (χ0v) is 15.8. The van der Waals surface area contributed by atoms with Crippen molar-refractivity contribution in [2.45, 2.75) is 26.3 Å². The van der Waals surface area contributed by atoms with Gasteiger partial charge in [-0.25, -0.2) is 13.8 Å². The van der Waals surface area contributed by atoms with Crippen molar-refractivity contribution in [3.63, 3.8) is 0 Å². The van der Waals surface area contributed by atoms with Gasteiger partial charge in [0.25, 0.3) is 12.0 Å². The maximum atomic E-state index is 13.7. The number of hydrogen-bond donors (Lipinski definition) is 1. The smallest absolute Gasteiger partial charge is 0.264 e. The fraction of sp³-hybridized carbons (Fsp3) is 0.316. The maximum absolute atomic E-state index is 13.7. The minimum absolute atomic E-state index is 0.133. The first-order valence-corrected chi connectivity index (χ1v) is 8.85. The number of aryl methyl sites for hydroxylation is 2. The van der Waals surface area contributed by atoms with Crippen LogP contribution >= 0.6 is 12.2 Å². The van der Waals surface area contributed by atoms with Gasteiger partial charge in [0.15, 0.2) is 4.77 Å². The Kier molecular flexibility index (Phi) is 5.76. The van der Waals surface area contributed by atoms with Crippen LogP contribution in [0.15, 0.2) is 35.1 Å². The normalized spacial score (nSPS) is 11.4. The van der Waals surface area contributed by atoms with Gasteiger partial charge in [-0.05, 0) is 31.6 Å². The van der Waals surface area contributed by atoms with Crippen LogP contribution in [-0.4, -0.2) is 28.3 Å². The molecule has 0 unspecified atom stereocenters. The first-order chi connectivity index (χ1) is 12.9. The van der Waals surface area contributed by atoms with Crippen molar-refractivity contribution >= 4 is 23.3 Å². The predicted octanol–water partition coefficient (Wildman–Crippen LogP) is 4.40. The Balaban J connectivity index is 2.31. The standard InChI is InChI=1S/C19H19F2N3O2S/c1-11-4-6-12(7-5-11)14-10-13(16(20)21)15-17(22-14)24(8-3-9-26-2)19(27)23-18(15)25/h4-7,10,16H,3,8-9H2,1-2H3,(H,23,25,27). The number of methoxy groups -OCH3 is 1. The molecule has 0 saturated heterocycles. The average Bonchev–Trinajstić information content (AvgIpc) is 2.64. The van der Waals surface area contributed by atoms with Gasteiger partial charge >= 0.3 is 0 Å². The van der Waals surface area contributed by atoms with Crippen molar-refractivity contribution in [3.05, 3.63) is 56.6 Å². The fourth-order valence-electron chi connectivity index (χ4n) is 2.92. The maximum Gasteiger partial charge on any atom is 0.264 e. The number of fused-ring (bicyclic) bond motifs is 1. The van der Waals surface area contributed by atoms with Crippen LogP contribution in [-0.2, 0) is 11.3 Å². The van der Waals surface area contributed by atoms with Gasteiger partial charge in [-0.1, -0.05) is 29.8 Å². The number of alkyl halides is 2. The molecule has 1 N–H and O–H groups in total. The van der Waals surface area contributed by atoms with Gasteiger partial charge in [-0.2, -0.15) is 0 Å². The lowest BCUT2D eigenvalue weighted by molar-refractivity contribution is 0.153. The van der Waals surface area contributed by atoms with Crippen molar-refractivity contribution < 1.29 is 13.5 Å². The van der Waals surface area contributed by atoms with Gasteiger partial charge < -0.3 is 9.30 Å². The Labute approximate surface area is 159 Å². The van der Waals surface area contributed by atoms with E-state index in [4.69, 9.17) is 17.0 Å². The molecule has 0 fully saturated rings. The van der Waals surface area contributed by atoms with Crippen molar-refractivity contribution in [2.24, 2.45) is 0 Å². The van der Waals surface area contributed by atoms with E-state index in [9.17, 15) is 13.6 Å².